The maximum atomic E-state index is 7.52. The lowest BCUT2D eigenvalue weighted by atomic mass is 10.0. The zero-order valence-electron chi connectivity index (χ0n) is 14.1. The predicted octanol–water partition coefficient (Wildman–Crippen LogP) is 3.95. The molecule has 3 rings (SSSR count). The molecule has 0 N–H and O–H groups in total. The van der Waals surface area contributed by atoms with Crippen LogP contribution in [0.3, 0.4) is 0 Å². The standard InChI is InChI=1S/C18H18N/c1-13-8-10-16(14(2)12-13)18-11-9-15-6-4-5-7-17(15)19(18)3/h4-12H,1-3H3/q+1/i1D3. The van der Waals surface area contributed by atoms with E-state index in [4.69, 9.17) is 4.11 Å². The second kappa shape index (κ2) is 4.51. The van der Waals surface area contributed by atoms with Gasteiger partial charge in [0.05, 0.1) is 0 Å². The number of hydrogen-bond donors (Lipinski definition) is 0. The van der Waals surface area contributed by atoms with Crippen LogP contribution in [0, 0.1) is 13.8 Å². The summed E-state index contributed by atoms with van der Waals surface area (Å²) >= 11 is 0. The molecule has 0 saturated carbocycles. The first-order valence-corrected chi connectivity index (χ1v) is 6.37. The number of aromatic nitrogens is 1. The summed E-state index contributed by atoms with van der Waals surface area (Å²) in [6.07, 6.45) is 0. The number of rotatable bonds is 1. The number of para-hydroxylation sites is 1. The Morgan fingerprint density at radius 1 is 1.00 bits per heavy atom. The van der Waals surface area contributed by atoms with Gasteiger partial charge in [-0.05, 0) is 37.5 Å². The first kappa shape index (κ1) is 8.87. The average Bonchev–Trinajstić information content (AvgIpc) is 2.47. The molecule has 0 fully saturated rings. The van der Waals surface area contributed by atoms with Crippen molar-refractivity contribution in [2.75, 3.05) is 0 Å². The van der Waals surface area contributed by atoms with E-state index in [0.29, 0.717) is 5.56 Å². The van der Waals surface area contributed by atoms with Crippen molar-refractivity contribution in [3.8, 4) is 11.3 Å². The molecule has 0 radical (unpaired) electrons. The van der Waals surface area contributed by atoms with Gasteiger partial charge in [0.25, 0.3) is 0 Å². The molecule has 19 heavy (non-hydrogen) atoms. The van der Waals surface area contributed by atoms with E-state index in [1.165, 1.54) is 5.39 Å². The smallest absolute Gasteiger partial charge is 0.194 e. The fraction of sp³-hybridized carbons (Fsp3) is 0.167. The maximum Gasteiger partial charge on any atom is 0.213 e. The van der Waals surface area contributed by atoms with Crippen molar-refractivity contribution in [1.82, 2.24) is 0 Å². The van der Waals surface area contributed by atoms with Crippen LogP contribution in [0.25, 0.3) is 22.2 Å². The van der Waals surface area contributed by atoms with Crippen molar-refractivity contribution >= 4 is 10.9 Å². The molecule has 3 aromatic rings. The van der Waals surface area contributed by atoms with Gasteiger partial charge in [0.2, 0.25) is 11.2 Å². The van der Waals surface area contributed by atoms with Crippen molar-refractivity contribution in [3.05, 3.63) is 65.7 Å². The van der Waals surface area contributed by atoms with Crippen molar-refractivity contribution in [1.29, 1.82) is 0 Å². The lowest BCUT2D eigenvalue weighted by molar-refractivity contribution is -0.633. The summed E-state index contributed by atoms with van der Waals surface area (Å²) in [6, 6.07) is 17.8. The molecule has 1 nitrogen and oxygen atoms in total. The molecule has 0 atom stereocenters. The number of pyridine rings is 1. The highest BCUT2D eigenvalue weighted by molar-refractivity contribution is 5.77. The summed E-state index contributed by atoms with van der Waals surface area (Å²) < 4.78 is 24.7. The van der Waals surface area contributed by atoms with Crippen molar-refractivity contribution in [2.45, 2.75) is 13.8 Å². The summed E-state index contributed by atoms with van der Waals surface area (Å²) in [4.78, 5) is 0. The van der Waals surface area contributed by atoms with E-state index in [9.17, 15) is 0 Å². The van der Waals surface area contributed by atoms with Gasteiger partial charge in [0, 0.05) is 27.2 Å². The minimum absolute atomic E-state index is 0.386. The van der Waals surface area contributed by atoms with E-state index in [1.54, 1.807) is 12.1 Å². The summed E-state index contributed by atoms with van der Waals surface area (Å²) in [5.41, 5.74) is 4.64. The van der Waals surface area contributed by atoms with Crippen LogP contribution in [0.4, 0.5) is 0 Å². The van der Waals surface area contributed by atoms with Crippen LogP contribution in [0.2, 0.25) is 0 Å². The molecular weight excluding hydrogens is 230 g/mol. The van der Waals surface area contributed by atoms with Crippen LogP contribution in [-0.4, -0.2) is 0 Å². The fourth-order valence-corrected chi connectivity index (χ4v) is 2.57. The zero-order valence-corrected chi connectivity index (χ0v) is 11.1. The first-order chi connectivity index (χ1) is 10.4. The molecule has 0 aliphatic carbocycles. The Kier molecular flexibility index (Phi) is 2.10. The Bertz CT molecular complexity index is 851. The van der Waals surface area contributed by atoms with Gasteiger partial charge < -0.3 is 0 Å². The molecule has 0 aliphatic heterocycles. The lowest BCUT2D eigenvalue weighted by Crippen LogP contribution is -2.32. The van der Waals surface area contributed by atoms with Crippen LogP contribution in [0.1, 0.15) is 15.2 Å². The summed E-state index contributed by atoms with van der Waals surface area (Å²) in [5, 5.41) is 1.19. The molecule has 0 amide bonds. The number of nitrogens with zero attached hydrogens (tertiary/aromatic N) is 1. The van der Waals surface area contributed by atoms with Gasteiger partial charge in [-0.2, -0.15) is 4.57 Å². The van der Waals surface area contributed by atoms with Crippen molar-refractivity contribution < 1.29 is 8.68 Å². The zero-order chi connectivity index (χ0) is 15.9. The molecule has 0 unspecified atom stereocenters. The van der Waals surface area contributed by atoms with Crippen LogP contribution in [-0.2, 0) is 7.05 Å². The third kappa shape index (κ3) is 2.01. The van der Waals surface area contributed by atoms with E-state index >= 15 is 0 Å². The number of benzene rings is 2. The second-order valence-electron chi connectivity index (χ2n) is 4.87. The largest absolute Gasteiger partial charge is 0.213 e. The van der Waals surface area contributed by atoms with Gasteiger partial charge in [-0.25, -0.2) is 0 Å². The summed E-state index contributed by atoms with van der Waals surface area (Å²) in [6.45, 7) is -0.103. The highest BCUT2D eigenvalue weighted by Gasteiger charge is 2.14. The Hall–Kier alpha value is -2.15. The quantitative estimate of drug-likeness (QED) is 0.577. The van der Waals surface area contributed by atoms with Gasteiger partial charge in [0.15, 0.2) is 0 Å². The molecule has 1 heteroatoms. The van der Waals surface area contributed by atoms with Gasteiger partial charge >= 0.3 is 0 Å². The molecular formula is C18H18N+. The van der Waals surface area contributed by atoms with Gasteiger partial charge in [0.1, 0.15) is 7.05 Å². The topological polar surface area (TPSA) is 3.88 Å². The van der Waals surface area contributed by atoms with Crippen LogP contribution in [0.5, 0.6) is 0 Å². The molecule has 0 spiro atoms. The minimum atomic E-state index is -2.06. The van der Waals surface area contributed by atoms with Crippen molar-refractivity contribution in [2.24, 2.45) is 7.05 Å². The van der Waals surface area contributed by atoms with Gasteiger partial charge in [-0.1, -0.05) is 29.8 Å². The molecule has 94 valence electrons. The Labute approximate surface area is 118 Å². The number of hydrogen-bond acceptors (Lipinski definition) is 0. The lowest BCUT2D eigenvalue weighted by Gasteiger charge is -2.07. The number of aryl methyl sites for hydroxylation is 3. The molecule has 0 aliphatic rings. The Balaban J connectivity index is 2.18. The molecule has 0 saturated heterocycles. The van der Waals surface area contributed by atoms with E-state index in [2.05, 4.69) is 28.8 Å². The van der Waals surface area contributed by atoms with E-state index < -0.39 is 6.85 Å². The Morgan fingerprint density at radius 2 is 1.84 bits per heavy atom. The summed E-state index contributed by atoms with van der Waals surface area (Å²) in [5.74, 6) is 0. The average molecular weight is 251 g/mol. The third-order valence-electron chi connectivity index (χ3n) is 3.58. The number of fused-ring (bicyclic) bond motifs is 1. The van der Waals surface area contributed by atoms with E-state index in [0.717, 1.165) is 22.3 Å². The third-order valence-corrected chi connectivity index (χ3v) is 3.58. The van der Waals surface area contributed by atoms with Crippen LogP contribution < -0.4 is 4.57 Å². The van der Waals surface area contributed by atoms with Crippen LogP contribution in [0.15, 0.2) is 54.6 Å². The van der Waals surface area contributed by atoms with E-state index in [-0.39, 0.29) is 0 Å². The predicted molar refractivity (Wildman–Crippen MR) is 80.0 cm³/mol. The minimum Gasteiger partial charge on any atom is -0.194 e. The highest BCUT2D eigenvalue weighted by Crippen LogP contribution is 2.23. The molecule has 2 aromatic carbocycles. The maximum absolute atomic E-state index is 7.52. The van der Waals surface area contributed by atoms with Crippen LogP contribution >= 0.6 is 0 Å². The Morgan fingerprint density at radius 3 is 2.63 bits per heavy atom. The van der Waals surface area contributed by atoms with E-state index in [1.807, 2.05) is 32.2 Å². The molecule has 0 bridgehead atoms. The molecule has 1 aromatic heterocycles. The second-order valence-corrected chi connectivity index (χ2v) is 4.87. The van der Waals surface area contributed by atoms with Crippen molar-refractivity contribution in [3.63, 3.8) is 0 Å². The SMILES string of the molecule is [2H]C([2H])([2H])c1ccc(-c2ccc3ccccc3[n+]2C)c(C)c1. The van der Waals surface area contributed by atoms with Gasteiger partial charge in [-0.15, -0.1) is 0 Å². The summed E-state index contributed by atoms with van der Waals surface area (Å²) in [7, 11) is 2.04. The molecule has 1 heterocycles. The first-order valence-electron chi connectivity index (χ1n) is 7.87. The van der Waals surface area contributed by atoms with Gasteiger partial charge in [-0.3, -0.25) is 0 Å². The normalized spacial score (nSPS) is 13.9. The highest BCUT2D eigenvalue weighted by atomic mass is 14.9. The monoisotopic (exact) mass is 251 g/mol. The fourth-order valence-electron chi connectivity index (χ4n) is 2.57.